The molecule has 0 fully saturated rings. The number of carboxylic acid groups (broad SMARTS) is 1. The van der Waals surface area contributed by atoms with Gasteiger partial charge in [-0.2, -0.15) is 0 Å². The molecule has 0 spiro atoms. The SMILES string of the molecule is C[C@H](NC(=O)C(O)C(O)C(O)C(O)CO)C(=O)O. The van der Waals surface area contributed by atoms with Crippen LogP contribution in [0, 0.1) is 0 Å². The Labute approximate surface area is 102 Å². The van der Waals surface area contributed by atoms with Gasteiger partial charge in [-0.3, -0.25) is 9.59 Å². The first-order valence-corrected chi connectivity index (χ1v) is 5.08. The van der Waals surface area contributed by atoms with Gasteiger partial charge in [0.1, 0.15) is 24.4 Å². The highest BCUT2D eigenvalue weighted by molar-refractivity contribution is 5.86. The largest absolute Gasteiger partial charge is 0.480 e. The topological polar surface area (TPSA) is 168 Å². The molecule has 0 rings (SSSR count). The van der Waals surface area contributed by atoms with E-state index in [-0.39, 0.29) is 0 Å². The van der Waals surface area contributed by atoms with Gasteiger partial charge >= 0.3 is 5.97 Å². The van der Waals surface area contributed by atoms with Gasteiger partial charge in [-0.25, -0.2) is 0 Å². The lowest BCUT2D eigenvalue weighted by Gasteiger charge is -2.25. The van der Waals surface area contributed by atoms with Crippen LogP contribution in [0.4, 0.5) is 0 Å². The molecule has 0 aromatic rings. The van der Waals surface area contributed by atoms with Gasteiger partial charge in [0, 0.05) is 0 Å². The third-order valence-electron chi connectivity index (χ3n) is 2.25. The Kier molecular flexibility index (Phi) is 6.73. The number of aliphatic hydroxyl groups is 5. The van der Waals surface area contributed by atoms with Crippen molar-refractivity contribution < 1.29 is 40.2 Å². The molecule has 7 N–H and O–H groups in total. The minimum Gasteiger partial charge on any atom is -0.480 e. The summed E-state index contributed by atoms with van der Waals surface area (Å²) in [6.07, 6.45) is -7.88. The lowest BCUT2D eigenvalue weighted by molar-refractivity contribution is -0.152. The van der Waals surface area contributed by atoms with Crippen molar-refractivity contribution in [2.45, 2.75) is 37.4 Å². The zero-order valence-corrected chi connectivity index (χ0v) is 9.59. The fraction of sp³-hybridized carbons (Fsp3) is 0.778. The van der Waals surface area contributed by atoms with Crippen LogP contribution in [-0.4, -0.2) is 79.6 Å². The van der Waals surface area contributed by atoms with E-state index < -0.39 is 48.9 Å². The number of nitrogens with one attached hydrogen (secondary N) is 1. The molecule has 106 valence electrons. The molecule has 5 atom stereocenters. The van der Waals surface area contributed by atoms with Crippen LogP contribution < -0.4 is 5.32 Å². The van der Waals surface area contributed by atoms with Crippen LogP contribution in [-0.2, 0) is 9.59 Å². The summed E-state index contributed by atoms with van der Waals surface area (Å²) in [7, 11) is 0. The third-order valence-corrected chi connectivity index (χ3v) is 2.25. The van der Waals surface area contributed by atoms with E-state index in [2.05, 4.69) is 0 Å². The van der Waals surface area contributed by atoms with Crippen LogP contribution in [0.15, 0.2) is 0 Å². The second-order valence-electron chi connectivity index (χ2n) is 3.74. The van der Waals surface area contributed by atoms with Crippen molar-refractivity contribution in [3.05, 3.63) is 0 Å². The molecule has 0 bridgehead atoms. The number of aliphatic carboxylic acids is 1. The molecule has 0 saturated carbocycles. The number of rotatable bonds is 7. The molecule has 0 aliphatic carbocycles. The summed E-state index contributed by atoms with van der Waals surface area (Å²) in [6.45, 7) is 0.260. The molecule has 0 aromatic heterocycles. The van der Waals surface area contributed by atoms with Crippen LogP contribution in [0.25, 0.3) is 0 Å². The molecule has 9 nitrogen and oxygen atoms in total. The van der Waals surface area contributed by atoms with Gasteiger partial charge in [-0.15, -0.1) is 0 Å². The zero-order valence-electron chi connectivity index (χ0n) is 9.59. The highest BCUT2D eigenvalue weighted by Crippen LogP contribution is 2.05. The first kappa shape index (κ1) is 16.7. The Hall–Kier alpha value is -1.26. The average Bonchev–Trinajstić information content (AvgIpc) is 2.34. The highest BCUT2D eigenvalue weighted by Gasteiger charge is 2.34. The normalized spacial score (nSPS) is 19.4. The van der Waals surface area contributed by atoms with Crippen LogP contribution in [0.2, 0.25) is 0 Å². The summed E-state index contributed by atoms with van der Waals surface area (Å²) in [5.74, 6) is -2.57. The van der Waals surface area contributed by atoms with Gasteiger partial charge < -0.3 is 36.0 Å². The van der Waals surface area contributed by atoms with Crippen molar-refractivity contribution in [2.75, 3.05) is 6.61 Å². The standard InChI is InChI=1S/C9H17NO8/c1-3(9(17)18)10-8(16)7(15)6(14)5(13)4(12)2-11/h3-7,11-15H,2H2,1H3,(H,10,16)(H,17,18)/t3-,4?,5?,6?,7?/m0/s1. The highest BCUT2D eigenvalue weighted by atomic mass is 16.4. The van der Waals surface area contributed by atoms with Crippen molar-refractivity contribution in [2.24, 2.45) is 0 Å². The average molecular weight is 267 g/mol. The molecule has 9 heteroatoms. The molecule has 0 radical (unpaired) electrons. The molecular weight excluding hydrogens is 250 g/mol. The van der Waals surface area contributed by atoms with Crippen LogP contribution in [0.5, 0.6) is 0 Å². The maximum Gasteiger partial charge on any atom is 0.325 e. The first-order valence-electron chi connectivity index (χ1n) is 5.08. The van der Waals surface area contributed by atoms with Gasteiger partial charge in [0.25, 0.3) is 5.91 Å². The predicted octanol–water partition coefficient (Wildman–Crippen LogP) is -3.99. The smallest absolute Gasteiger partial charge is 0.325 e. The molecule has 0 heterocycles. The van der Waals surface area contributed by atoms with E-state index in [1.807, 2.05) is 5.32 Å². The number of carbonyl (C=O) groups excluding carboxylic acids is 1. The fourth-order valence-electron chi connectivity index (χ4n) is 1.04. The minimum absolute atomic E-state index is 0.877. The third kappa shape index (κ3) is 4.55. The predicted molar refractivity (Wildman–Crippen MR) is 56.4 cm³/mol. The van der Waals surface area contributed by atoms with Crippen molar-refractivity contribution in [1.82, 2.24) is 5.32 Å². The van der Waals surface area contributed by atoms with E-state index in [1.165, 1.54) is 0 Å². The summed E-state index contributed by atoms with van der Waals surface area (Å²) in [5, 5.41) is 55.8. The maximum absolute atomic E-state index is 11.3. The van der Waals surface area contributed by atoms with E-state index in [1.54, 1.807) is 0 Å². The van der Waals surface area contributed by atoms with Gasteiger partial charge in [0.05, 0.1) is 6.61 Å². The summed E-state index contributed by atoms with van der Waals surface area (Å²) >= 11 is 0. The van der Waals surface area contributed by atoms with Crippen LogP contribution in [0.3, 0.4) is 0 Å². The Morgan fingerprint density at radius 2 is 1.61 bits per heavy atom. The van der Waals surface area contributed by atoms with Gasteiger partial charge in [0.15, 0.2) is 6.10 Å². The van der Waals surface area contributed by atoms with Crippen LogP contribution in [0.1, 0.15) is 6.92 Å². The molecule has 0 saturated heterocycles. The summed E-state index contributed by atoms with van der Waals surface area (Å²) in [6, 6.07) is -1.29. The Balaban J connectivity index is 4.49. The van der Waals surface area contributed by atoms with Crippen molar-refractivity contribution in [3.63, 3.8) is 0 Å². The Morgan fingerprint density at radius 3 is 2.00 bits per heavy atom. The van der Waals surface area contributed by atoms with Gasteiger partial charge in [-0.05, 0) is 6.92 Å². The second kappa shape index (κ2) is 7.24. The molecular formula is C9H17NO8. The molecule has 1 amide bonds. The van der Waals surface area contributed by atoms with E-state index in [0.717, 1.165) is 6.92 Å². The quantitative estimate of drug-likeness (QED) is 0.245. The molecule has 0 aliphatic rings. The fourth-order valence-corrected chi connectivity index (χ4v) is 1.04. The van der Waals surface area contributed by atoms with Crippen molar-refractivity contribution in [1.29, 1.82) is 0 Å². The van der Waals surface area contributed by atoms with Gasteiger partial charge in [-0.1, -0.05) is 0 Å². The van der Waals surface area contributed by atoms with E-state index in [0.29, 0.717) is 0 Å². The molecule has 0 aromatic carbocycles. The number of hydrogen-bond donors (Lipinski definition) is 7. The molecule has 18 heavy (non-hydrogen) atoms. The van der Waals surface area contributed by atoms with Gasteiger partial charge in [0.2, 0.25) is 0 Å². The number of carboxylic acids is 1. The van der Waals surface area contributed by atoms with Crippen LogP contribution >= 0.6 is 0 Å². The summed E-state index contributed by atoms with van der Waals surface area (Å²) < 4.78 is 0. The Morgan fingerprint density at radius 1 is 1.11 bits per heavy atom. The van der Waals surface area contributed by atoms with Crippen molar-refractivity contribution >= 4 is 11.9 Å². The Bertz CT molecular complexity index is 296. The number of amides is 1. The van der Waals surface area contributed by atoms with E-state index >= 15 is 0 Å². The second-order valence-corrected chi connectivity index (χ2v) is 3.74. The first-order chi connectivity index (χ1) is 8.22. The maximum atomic E-state index is 11.3. The molecule has 0 aliphatic heterocycles. The lowest BCUT2D eigenvalue weighted by Crippen LogP contribution is -2.53. The summed E-state index contributed by atoms with van der Waals surface area (Å²) in [4.78, 5) is 21.7. The van der Waals surface area contributed by atoms with Crippen molar-refractivity contribution in [3.8, 4) is 0 Å². The van der Waals surface area contributed by atoms with E-state index in [4.69, 9.17) is 15.3 Å². The number of carbonyl (C=O) groups is 2. The molecule has 4 unspecified atom stereocenters. The summed E-state index contributed by atoms with van der Waals surface area (Å²) in [5.41, 5.74) is 0. The number of hydrogen-bond acceptors (Lipinski definition) is 7. The zero-order chi connectivity index (χ0) is 14.5. The van der Waals surface area contributed by atoms with E-state index in [9.17, 15) is 24.9 Å². The number of aliphatic hydroxyl groups excluding tert-OH is 5. The minimum atomic E-state index is -2.14. The lowest BCUT2D eigenvalue weighted by atomic mass is 10.0. The monoisotopic (exact) mass is 267 g/mol.